The molecule has 1 saturated heterocycles. The number of likely N-dealkylation sites (tertiary alicyclic amines) is 1. The van der Waals surface area contributed by atoms with Crippen molar-refractivity contribution >= 4 is 0 Å². The quantitative estimate of drug-likeness (QED) is 0.796. The molecular weight excluding hydrogens is 208 g/mol. The predicted molar refractivity (Wildman–Crippen MR) is 74.2 cm³/mol. The molecular formula is C15H30N2. The summed E-state index contributed by atoms with van der Waals surface area (Å²) in [6.07, 6.45) is 7.02. The molecule has 0 amide bonds. The van der Waals surface area contributed by atoms with Gasteiger partial charge in [0.1, 0.15) is 0 Å². The van der Waals surface area contributed by atoms with Crippen molar-refractivity contribution in [2.24, 2.45) is 11.3 Å². The molecule has 100 valence electrons. The van der Waals surface area contributed by atoms with E-state index in [9.17, 15) is 0 Å². The summed E-state index contributed by atoms with van der Waals surface area (Å²) in [5, 5.41) is 3.54. The molecule has 2 heteroatoms. The van der Waals surface area contributed by atoms with Crippen molar-refractivity contribution in [1.82, 2.24) is 10.2 Å². The van der Waals surface area contributed by atoms with Gasteiger partial charge in [0, 0.05) is 18.6 Å². The lowest BCUT2D eigenvalue weighted by Crippen LogP contribution is -2.50. The lowest BCUT2D eigenvalue weighted by Gasteiger charge is -2.38. The van der Waals surface area contributed by atoms with Gasteiger partial charge in [0.25, 0.3) is 0 Å². The van der Waals surface area contributed by atoms with Crippen LogP contribution in [0.5, 0.6) is 0 Å². The largest absolute Gasteiger partial charge is 0.315 e. The molecule has 0 aromatic rings. The fourth-order valence-electron chi connectivity index (χ4n) is 3.68. The van der Waals surface area contributed by atoms with Crippen molar-refractivity contribution in [3.63, 3.8) is 0 Å². The Labute approximate surface area is 107 Å². The second-order valence-electron chi connectivity index (χ2n) is 7.09. The Morgan fingerprint density at radius 2 is 1.76 bits per heavy atom. The van der Waals surface area contributed by atoms with Crippen LogP contribution in [0.2, 0.25) is 0 Å². The predicted octanol–water partition coefficient (Wildman–Crippen LogP) is 2.89. The van der Waals surface area contributed by atoms with Gasteiger partial charge >= 0.3 is 0 Å². The number of hydrogen-bond donors (Lipinski definition) is 1. The highest BCUT2D eigenvalue weighted by molar-refractivity contribution is 4.93. The molecule has 2 nitrogen and oxygen atoms in total. The zero-order valence-electron chi connectivity index (χ0n) is 12.1. The van der Waals surface area contributed by atoms with Crippen molar-refractivity contribution in [3.8, 4) is 0 Å². The van der Waals surface area contributed by atoms with Gasteiger partial charge in [-0.1, -0.05) is 33.6 Å². The summed E-state index contributed by atoms with van der Waals surface area (Å²) in [5.41, 5.74) is 0.485. The highest BCUT2D eigenvalue weighted by atomic mass is 15.2. The molecule has 0 radical (unpaired) electrons. The zero-order valence-corrected chi connectivity index (χ0v) is 12.1. The van der Waals surface area contributed by atoms with E-state index in [0.717, 1.165) is 18.0 Å². The van der Waals surface area contributed by atoms with Crippen LogP contribution in [-0.4, -0.2) is 37.1 Å². The van der Waals surface area contributed by atoms with Crippen LogP contribution in [0.4, 0.5) is 0 Å². The molecule has 3 atom stereocenters. The fourth-order valence-corrected chi connectivity index (χ4v) is 3.68. The number of hydrogen-bond acceptors (Lipinski definition) is 2. The molecule has 17 heavy (non-hydrogen) atoms. The molecule has 3 unspecified atom stereocenters. The normalized spacial score (nSPS) is 36.4. The molecule has 2 rings (SSSR count). The van der Waals surface area contributed by atoms with Gasteiger partial charge < -0.3 is 5.32 Å². The Kier molecular flexibility index (Phi) is 4.14. The van der Waals surface area contributed by atoms with E-state index in [2.05, 4.69) is 38.0 Å². The third-order valence-corrected chi connectivity index (χ3v) is 5.01. The summed E-state index contributed by atoms with van der Waals surface area (Å²) < 4.78 is 0. The van der Waals surface area contributed by atoms with Crippen molar-refractivity contribution in [2.75, 3.05) is 20.1 Å². The van der Waals surface area contributed by atoms with Crippen molar-refractivity contribution in [1.29, 1.82) is 0 Å². The van der Waals surface area contributed by atoms with Crippen LogP contribution in [0, 0.1) is 11.3 Å². The Morgan fingerprint density at radius 1 is 1.06 bits per heavy atom. The van der Waals surface area contributed by atoms with Crippen LogP contribution in [0.3, 0.4) is 0 Å². The second-order valence-corrected chi connectivity index (χ2v) is 7.09. The minimum absolute atomic E-state index is 0.485. The third kappa shape index (κ3) is 3.03. The molecule has 1 aliphatic heterocycles. The van der Waals surface area contributed by atoms with Gasteiger partial charge in [-0.05, 0) is 44.2 Å². The van der Waals surface area contributed by atoms with Gasteiger partial charge in [-0.25, -0.2) is 0 Å². The summed E-state index contributed by atoms with van der Waals surface area (Å²) in [6, 6.07) is 1.54. The molecule has 1 aliphatic carbocycles. The van der Waals surface area contributed by atoms with Crippen molar-refractivity contribution in [3.05, 3.63) is 0 Å². The number of nitrogens with one attached hydrogen (secondary N) is 1. The minimum atomic E-state index is 0.485. The van der Waals surface area contributed by atoms with Crippen LogP contribution >= 0.6 is 0 Å². The molecule has 2 aliphatic rings. The molecule has 0 aromatic heterocycles. The zero-order chi connectivity index (χ0) is 12.5. The highest BCUT2D eigenvalue weighted by Crippen LogP contribution is 2.36. The van der Waals surface area contributed by atoms with E-state index < -0.39 is 0 Å². The van der Waals surface area contributed by atoms with E-state index in [1.54, 1.807) is 0 Å². The lowest BCUT2D eigenvalue weighted by atomic mass is 9.80. The Hall–Kier alpha value is -0.0800. The average molecular weight is 238 g/mol. The highest BCUT2D eigenvalue weighted by Gasteiger charge is 2.37. The molecule has 0 spiro atoms. The first-order valence-electron chi connectivity index (χ1n) is 7.43. The average Bonchev–Trinajstić information content (AvgIpc) is 2.77. The second kappa shape index (κ2) is 5.27. The first-order chi connectivity index (χ1) is 8.02. The van der Waals surface area contributed by atoms with Crippen molar-refractivity contribution < 1.29 is 0 Å². The maximum atomic E-state index is 3.54. The summed E-state index contributed by atoms with van der Waals surface area (Å²) in [5.74, 6) is 0.891. The molecule has 1 saturated carbocycles. The van der Waals surface area contributed by atoms with Crippen LogP contribution < -0.4 is 5.32 Å². The number of rotatable bonds is 2. The molecule has 0 bridgehead atoms. The lowest BCUT2D eigenvalue weighted by molar-refractivity contribution is 0.135. The Balaban J connectivity index is 1.95. The summed E-state index contributed by atoms with van der Waals surface area (Å²) >= 11 is 0. The fraction of sp³-hybridized carbons (Fsp3) is 1.00. The van der Waals surface area contributed by atoms with E-state index in [4.69, 9.17) is 0 Å². The van der Waals surface area contributed by atoms with E-state index in [1.807, 2.05) is 0 Å². The molecule has 2 fully saturated rings. The number of likely N-dealkylation sites (N-methyl/N-ethyl adjacent to an activating group) is 1. The SMILES string of the molecule is CNC1CCCCC1N1CCC(C(C)(C)C)C1. The summed E-state index contributed by atoms with van der Waals surface area (Å²) in [6.45, 7) is 9.85. The van der Waals surface area contributed by atoms with E-state index in [1.165, 1.54) is 45.2 Å². The smallest absolute Gasteiger partial charge is 0.0249 e. The first kappa shape index (κ1) is 13.4. The van der Waals surface area contributed by atoms with Crippen LogP contribution in [0.15, 0.2) is 0 Å². The summed E-state index contributed by atoms with van der Waals surface area (Å²) in [7, 11) is 2.14. The third-order valence-electron chi connectivity index (χ3n) is 5.01. The van der Waals surface area contributed by atoms with E-state index in [-0.39, 0.29) is 0 Å². The van der Waals surface area contributed by atoms with Gasteiger partial charge in [-0.2, -0.15) is 0 Å². The van der Waals surface area contributed by atoms with Gasteiger partial charge in [0.15, 0.2) is 0 Å². The van der Waals surface area contributed by atoms with E-state index >= 15 is 0 Å². The van der Waals surface area contributed by atoms with Gasteiger partial charge in [0.2, 0.25) is 0 Å². The van der Waals surface area contributed by atoms with E-state index in [0.29, 0.717) is 5.41 Å². The number of nitrogens with zero attached hydrogens (tertiary/aromatic N) is 1. The van der Waals surface area contributed by atoms with Gasteiger partial charge in [-0.15, -0.1) is 0 Å². The molecule has 1 N–H and O–H groups in total. The van der Waals surface area contributed by atoms with Crippen molar-refractivity contribution in [2.45, 2.75) is 65.0 Å². The standard InChI is InChI=1S/C15H30N2/c1-15(2,3)12-9-10-17(11-12)14-8-6-5-7-13(14)16-4/h12-14,16H,5-11H2,1-4H3. The topological polar surface area (TPSA) is 15.3 Å². The molecule has 0 aromatic carbocycles. The van der Waals surface area contributed by atoms with Crippen LogP contribution in [-0.2, 0) is 0 Å². The Bertz CT molecular complexity index is 244. The van der Waals surface area contributed by atoms with Crippen LogP contribution in [0.25, 0.3) is 0 Å². The summed E-state index contributed by atoms with van der Waals surface area (Å²) in [4.78, 5) is 2.77. The maximum absolute atomic E-state index is 3.54. The first-order valence-corrected chi connectivity index (χ1v) is 7.43. The molecule has 1 heterocycles. The Morgan fingerprint density at radius 3 is 2.35 bits per heavy atom. The van der Waals surface area contributed by atoms with Gasteiger partial charge in [-0.3, -0.25) is 4.90 Å². The minimum Gasteiger partial charge on any atom is -0.315 e. The monoisotopic (exact) mass is 238 g/mol. The van der Waals surface area contributed by atoms with Gasteiger partial charge in [0.05, 0.1) is 0 Å². The van der Waals surface area contributed by atoms with Crippen LogP contribution in [0.1, 0.15) is 52.9 Å². The maximum Gasteiger partial charge on any atom is 0.0249 e.